The molecule has 2 aromatic carbocycles. The summed E-state index contributed by atoms with van der Waals surface area (Å²) in [6.07, 6.45) is 0.522. The van der Waals surface area contributed by atoms with Gasteiger partial charge in [-0.15, -0.1) is 0 Å². The predicted octanol–water partition coefficient (Wildman–Crippen LogP) is 4.20. The molecule has 0 bridgehead atoms. The second kappa shape index (κ2) is 11.8. The van der Waals surface area contributed by atoms with E-state index in [4.69, 9.17) is 18.9 Å². The smallest absolute Gasteiger partial charge is 0.295 e. The number of amides is 1. The molecule has 0 aliphatic carbocycles. The number of aliphatic hydroxyl groups excluding tert-OH is 1. The van der Waals surface area contributed by atoms with Crippen LogP contribution in [-0.2, 0) is 14.3 Å². The van der Waals surface area contributed by atoms with Crippen LogP contribution in [-0.4, -0.2) is 62.8 Å². The first kappa shape index (κ1) is 26.1. The monoisotopic (exact) mass is 483 g/mol. The van der Waals surface area contributed by atoms with Crippen molar-refractivity contribution < 1.29 is 33.6 Å². The van der Waals surface area contributed by atoms with Gasteiger partial charge in [0.1, 0.15) is 23.0 Å². The van der Waals surface area contributed by atoms with Crippen LogP contribution in [0.15, 0.2) is 48.0 Å². The van der Waals surface area contributed by atoms with Crippen LogP contribution in [0.4, 0.5) is 0 Å². The summed E-state index contributed by atoms with van der Waals surface area (Å²) in [7, 11) is 4.62. The molecule has 1 fully saturated rings. The molecule has 8 heteroatoms. The molecule has 0 unspecified atom stereocenters. The third-order valence-electron chi connectivity index (χ3n) is 5.73. The molecule has 1 amide bonds. The van der Waals surface area contributed by atoms with Gasteiger partial charge in [0.2, 0.25) is 0 Å². The molecule has 1 atom stereocenters. The zero-order valence-corrected chi connectivity index (χ0v) is 20.9. The fraction of sp³-hybridized carbons (Fsp3) is 0.407. The number of nitrogens with zero attached hydrogens (tertiary/aromatic N) is 1. The number of Topliss-reactive ketones (excluding diaryl/α,β-unsaturated/α-hetero) is 1. The maximum absolute atomic E-state index is 13.2. The molecule has 1 heterocycles. The maximum atomic E-state index is 13.2. The highest BCUT2D eigenvalue weighted by Gasteiger charge is 2.47. The summed E-state index contributed by atoms with van der Waals surface area (Å²) in [6, 6.07) is 11.1. The highest BCUT2D eigenvalue weighted by molar-refractivity contribution is 6.46. The van der Waals surface area contributed by atoms with Gasteiger partial charge in [-0.25, -0.2) is 0 Å². The molecule has 0 aromatic heterocycles. The van der Waals surface area contributed by atoms with Crippen LogP contribution < -0.4 is 14.2 Å². The third kappa shape index (κ3) is 5.77. The van der Waals surface area contributed by atoms with Crippen molar-refractivity contribution in [3.05, 3.63) is 59.2 Å². The van der Waals surface area contributed by atoms with Gasteiger partial charge in [-0.05, 0) is 54.8 Å². The molecule has 35 heavy (non-hydrogen) atoms. The minimum atomic E-state index is -0.853. The van der Waals surface area contributed by atoms with Crippen molar-refractivity contribution in [3.63, 3.8) is 0 Å². The third-order valence-corrected chi connectivity index (χ3v) is 5.73. The lowest BCUT2D eigenvalue weighted by molar-refractivity contribution is -0.140. The Morgan fingerprint density at radius 1 is 1.00 bits per heavy atom. The number of likely N-dealkylation sites (tertiary alicyclic amines) is 1. The first-order chi connectivity index (χ1) is 16.8. The molecular weight excluding hydrogens is 450 g/mol. The molecule has 0 saturated carbocycles. The van der Waals surface area contributed by atoms with Crippen molar-refractivity contribution in [3.8, 4) is 17.2 Å². The Balaban J connectivity index is 2.10. The number of rotatable bonds is 11. The number of carbonyl (C=O) groups excluding carboxylic acids is 2. The molecule has 1 aliphatic rings. The van der Waals surface area contributed by atoms with Crippen LogP contribution in [0.2, 0.25) is 0 Å². The summed E-state index contributed by atoms with van der Waals surface area (Å²) >= 11 is 0. The van der Waals surface area contributed by atoms with E-state index >= 15 is 0 Å². The number of carbonyl (C=O) groups is 2. The molecule has 8 nitrogen and oxygen atoms in total. The predicted molar refractivity (Wildman–Crippen MR) is 132 cm³/mol. The van der Waals surface area contributed by atoms with Gasteiger partial charge in [-0.3, -0.25) is 9.59 Å². The Labute approximate surface area is 206 Å². The van der Waals surface area contributed by atoms with Gasteiger partial charge in [-0.1, -0.05) is 13.8 Å². The summed E-state index contributed by atoms with van der Waals surface area (Å²) in [5.41, 5.74) is 0.945. The van der Waals surface area contributed by atoms with E-state index < -0.39 is 17.7 Å². The fourth-order valence-corrected chi connectivity index (χ4v) is 3.99. The summed E-state index contributed by atoms with van der Waals surface area (Å²) in [4.78, 5) is 27.7. The lowest BCUT2D eigenvalue weighted by Gasteiger charge is -2.27. The Morgan fingerprint density at radius 2 is 1.69 bits per heavy atom. The number of benzene rings is 2. The van der Waals surface area contributed by atoms with Crippen LogP contribution in [0, 0.1) is 5.92 Å². The van der Waals surface area contributed by atoms with E-state index in [9.17, 15) is 14.7 Å². The molecule has 0 spiro atoms. The molecule has 3 rings (SSSR count). The number of ether oxygens (including phenoxy) is 4. The van der Waals surface area contributed by atoms with Crippen molar-refractivity contribution in [2.24, 2.45) is 5.92 Å². The maximum Gasteiger partial charge on any atom is 0.295 e. The molecule has 1 saturated heterocycles. The van der Waals surface area contributed by atoms with Crippen molar-refractivity contribution in [2.45, 2.75) is 26.3 Å². The quantitative estimate of drug-likeness (QED) is 0.222. The number of ketones is 1. The zero-order chi connectivity index (χ0) is 25.5. The van der Waals surface area contributed by atoms with Crippen molar-refractivity contribution >= 4 is 17.4 Å². The van der Waals surface area contributed by atoms with Gasteiger partial charge in [-0.2, -0.15) is 0 Å². The minimum absolute atomic E-state index is 0.00480. The lowest BCUT2D eigenvalue weighted by Crippen LogP contribution is -2.31. The minimum Gasteiger partial charge on any atom is -0.507 e. The standard InChI is InChI=1S/C27H33NO7/c1-17(2)16-35-19-9-7-18(8-10-19)25(29)23-24(21-15-20(33-4)11-12-22(21)34-5)28(13-6-14-32-3)27(31)26(23)30/h7-12,15,17,24,29H,6,13-14,16H2,1-5H3/b25-23+/t24-/m0/s1. The number of hydrogen-bond donors (Lipinski definition) is 1. The first-order valence-electron chi connectivity index (χ1n) is 11.5. The van der Waals surface area contributed by atoms with Crippen LogP contribution in [0.3, 0.4) is 0 Å². The average molecular weight is 484 g/mol. The Kier molecular flexibility index (Phi) is 8.76. The molecule has 1 N–H and O–H groups in total. The van der Waals surface area contributed by atoms with Gasteiger partial charge in [0.05, 0.1) is 32.4 Å². The summed E-state index contributed by atoms with van der Waals surface area (Å²) in [5.74, 6) is 0.330. The Bertz CT molecular complexity index is 1080. The fourth-order valence-electron chi connectivity index (χ4n) is 3.99. The molecule has 188 valence electrons. The summed E-state index contributed by atoms with van der Waals surface area (Å²) in [6.45, 7) is 5.36. The van der Waals surface area contributed by atoms with Crippen LogP contribution >= 0.6 is 0 Å². The molecule has 0 radical (unpaired) electrons. The van der Waals surface area contributed by atoms with Gasteiger partial charge >= 0.3 is 0 Å². The van der Waals surface area contributed by atoms with E-state index in [1.807, 2.05) is 0 Å². The number of hydrogen-bond acceptors (Lipinski definition) is 7. The number of aliphatic hydroxyl groups is 1. The van der Waals surface area contributed by atoms with E-state index in [0.29, 0.717) is 53.9 Å². The highest BCUT2D eigenvalue weighted by atomic mass is 16.5. The van der Waals surface area contributed by atoms with Gasteiger partial charge in [0, 0.05) is 31.4 Å². The lowest BCUT2D eigenvalue weighted by atomic mass is 9.94. The summed E-state index contributed by atoms with van der Waals surface area (Å²) in [5, 5.41) is 11.3. The van der Waals surface area contributed by atoms with Gasteiger partial charge in [0.15, 0.2) is 0 Å². The molecule has 1 aliphatic heterocycles. The Hall–Kier alpha value is -3.52. The largest absolute Gasteiger partial charge is 0.507 e. The van der Waals surface area contributed by atoms with E-state index in [0.717, 1.165) is 0 Å². The van der Waals surface area contributed by atoms with Gasteiger partial charge in [0.25, 0.3) is 11.7 Å². The van der Waals surface area contributed by atoms with Crippen LogP contribution in [0.25, 0.3) is 5.76 Å². The zero-order valence-electron chi connectivity index (χ0n) is 20.9. The number of methoxy groups -OCH3 is 3. The summed E-state index contributed by atoms with van der Waals surface area (Å²) < 4.78 is 21.8. The van der Waals surface area contributed by atoms with E-state index in [2.05, 4.69) is 13.8 Å². The molecular formula is C27H33NO7. The van der Waals surface area contributed by atoms with Crippen molar-refractivity contribution in [1.29, 1.82) is 0 Å². The van der Waals surface area contributed by atoms with E-state index in [1.165, 1.54) is 19.1 Å². The van der Waals surface area contributed by atoms with Crippen LogP contribution in [0.5, 0.6) is 17.2 Å². The van der Waals surface area contributed by atoms with Crippen LogP contribution in [0.1, 0.15) is 37.4 Å². The van der Waals surface area contributed by atoms with Crippen molar-refractivity contribution in [1.82, 2.24) is 4.90 Å². The molecule has 2 aromatic rings. The Morgan fingerprint density at radius 3 is 2.29 bits per heavy atom. The van der Waals surface area contributed by atoms with Crippen molar-refractivity contribution in [2.75, 3.05) is 41.1 Å². The normalized spacial score (nSPS) is 17.2. The SMILES string of the molecule is COCCCN1C(=O)C(=O)/C(=C(/O)c2ccc(OCC(C)C)cc2)[C@@H]1c1cc(OC)ccc1OC. The highest BCUT2D eigenvalue weighted by Crippen LogP contribution is 2.44. The van der Waals surface area contributed by atoms with Gasteiger partial charge < -0.3 is 29.0 Å². The second-order valence-electron chi connectivity index (χ2n) is 8.68. The average Bonchev–Trinajstić information content (AvgIpc) is 3.12. The van der Waals surface area contributed by atoms with E-state index in [-0.39, 0.29) is 17.9 Å². The topological polar surface area (TPSA) is 94.5 Å². The second-order valence-corrected chi connectivity index (χ2v) is 8.68. The van der Waals surface area contributed by atoms with E-state index in [1.54, 1.807) is 49.6 Å². The first-order valence-corrected chi connectivity index (χ1v) is 11.5.